The summed E-state index contributed by atoms with van der Waals surface area (Å²) < 4.78 is 0. The van der Waals surface area contributed by atoms with Crippen LogP contribution in [0.15, 0.2) is 12.4 Å². The number of β-amino-alcohol motifs (C(OH)–C–C–N with tert-alkyl or cyclic N) is 1. The smallest absolute Gasteiger partial charge is 0.0891 e. The first-order valence-electron chi connectivity index (χ1n) is 3.06. The van der Waals surface area contributed by atoms with E-state index in [1.807, 2.05) is 19.4 Å². The van der Waals surface area contributed by atoms with Crippen LogP contribution in [0.5, 0.6) is 0 Å². The fraction of sp³-hybridized carbons (Fsp3) is 0.667. The van der Waals surface area contributed by atoms with Crippen molar-refractivity contribution < 1.29 is 5.11 Å². The molecular weight excluding hydrogens is 243 g/mol. The van der Waals surface area contributed by atoms with Crippen LogP contribution < -0.4 is 0 Å². The third kappa shape index (κ3) is 2.74. The van der Waals surface area contributed by atoms with Gasteiger partial charge in [0.2, 0.25) is 0 Å². The summed E-state index contributed by atoms with van der Waals surface area (Å²) in [5.41, 5.74) is 0. The molecule has 0 atom stereocenters. The van der Waals surface area contributed by atoms with E-state index < -0.39 is 0 Å². The van der Waals surface area contributed by atoms with Gasteiger partial charge in [0.05, 0.1) is 13.3 Å². The Morgan fingerprint density at radius 2 is 2.20 bits per heavy atom. The molecule has 0 aromatic carbocycles. The fourth-order valence-electron chi connectivity index (χ4n) is 0.863. The molecular formula is C6H13IN2O. The Kier molecular flexibility index (Phi) is 4.80. The van der Waals surface area contributed by atoms with Gasteiger partial charge < -0.3 is 14.9 Å². The van der Waals surface area contributed by atoms with Crippen molar-refractivity contribution in [3.8, 4) is 0 Å². The van der Waals surface area contributed by atoms with Gasteiger partial charge in [0.15, 0.2) is 0 Å². The summed E-state index contributed by atoms with van der Waals surface area (Å²) in [6, 6.07) is 0. The number of rotatable bonds is 2. The second kappa shape index (κ2) is 4.79. The number of nitrogens with zero attached hydrogens (tertiary/aromatic N) is 2. The lowest BCUT2D eigenvalue weighted by molar-refractivity contribution is 0.217. The van der Waals surface area contributed by atoms with Crippen molar-refractivity contribution in [2.45, 2.75) is 0 Å². The number of aliphatic hydroxyl groups is 1. The van der Waals surface area contributed by atoms with Crippen molar-refractivity contribution >= 4 is 24.0 Å². The van der Waals surface area contributed by atoms with Crippen molar-refractivity contribution in [1.29, 1.82) is 0 Å². The molecule has 1 N–H and O–H groups in total. The van der Waals surface area contributed by atoms with E-state index in [1.54, 1.807) is 0 Å². The van der Waals surface area contributed by atoms with Crippen LogP contribution in [0.1, 0.15) is 0 Å². The van der Waals surface area contributed by atoms with Gasteiger partial charge >= 0.3 is 0 Å². The Morgan fingerprint density at radius 1 is 1.50 bits per heavy atom. The fourth-order valence-corrected chi connectivity index (χ4v) is 0.863. The van der Waals surface area contributed by atoms with Crippen LogP contribution in [0.25, 0.3) is 0 Å². The molecule has 10 heavy (non-hydrogen) atoms. The van der Waals surface area contributed by atoms with E-state index >= 15 is 0 Å². The van der Waals surface area contributed by atoms with Gasteiger partial charge in [0, 0.05) is 26.0 Å². The molecule has 1 rings (SSSR count). The zero-order valence-corrected chi connectivity index (χ0v) is 8.36. The largest absolute Gasteiger partial charge is 0.395 e. The van der Waals surface area contributed by atoms with E-state index in [2.05, 4.69) is 9.80 Å². The molecule has 0 aromatic heterocycles. The monoisotopic (exact) mass is 256 g/mol. The average molecular weight is 256 g/mol. The van der Waals surface area contributed by atoms with Gasteiger partial charge in [-0.15, -0.1) is 24.0 Å². The van der Waals surface area contributed by atoms with Crippen LogP contribution in [0.2, 0.25) is 0 Å². The lowest BCUT2D eigenvalue weighted by Gasteiger charge is -2.15. The first-order chi connectivity index (χ1) is 4.33. The van der Waals surface area contributed by atoms with Gasteiger partial charge in [-0.2, -0.15) is 0 Å². The molecule has 0 unspecified atom stereocenters. The second-order valence-corrected chi connectivity index (χ2v) is 2.23. The van der Waals surface area contributed by atoms with Gasteiger partial charge in [-0.25, -0.2) is 0 Å². The summed E-state index contributed by atoms with van der Waals surface area (Å²) in [7, 11) is 2.01. The van der Waals surface area contributed by atoms with Crippen molar-refractivity contribution in [3.63, 3.8) is 0 Å². The summed E-state index contributed by atoms with van der Waals surface area (Å²) >= 11 is 0. The second-order valence-electron chi connectivity index (χ2n) is 2.23. The molecule has 0 fully saturated rings. The van der Waals surface area contributed by atoms with Crippen LogP contribution in [-0.2, 0) is 0 Å². The van der Waals surface area contributed by atoms with E-state index in [9.17, 15) is 0 Å². The standard InChI is InChI=1S/C6H12N2O.HI/c1-7-2-3-8(6-7)4-5-9;/h2-3,9H,4-6H2,1H3;1H. The number of hydrogen-bond acceptors (Lipinski definition) is 3. The first kappa shape index (κ1) is 10.0. The predicted molar refractivity (Wildman–Crippen MR) is 51.0 cm³/mol. The minimum absolute atomic E-state index is 0. The zero-order chi connectivity index (χ0) is 6.69. The number of halogens is 1. The maximum atomic E-state index is 8.52. The van der Waals surface area contributed by atoms with Crippen molar-refractivity contribution in [1.82, 2.24) is 9.80 Å². The lowest BCUT2D eigenvalue weighted by atomic mass is 10.6. The summed E-state index contributed by atoms with van der Waals surface area (Å²) in [6.45, 7) is 1.87. The maximum absolute atomic E-state index is 8.52. The van der Waals surface area contributed by atoms with Crippen LogP contribution in [0, 0.1) is 0 Å². The van der Waals surface area contributed by atoms with Crippen LogP contribution in [0.3, 0.4) is 0 Å². The molecule has 4 heteroatoms. The molecule has 1 aliphatic heterocycles. The van der Waals surface area contributed by atoms with Gasteiger partial charge in [-0.3, -0.25) is 0 Å². The predicted octanol–water partition coefficient (Wildman–Crippen LogP) is 0.273. The zero-order valence-electron chi connectivity index (χ0n) is 6.03. The summed E-state index contributed by atoms with van der Waals surface area (Å²) in [5.74, 6) is 0. The molecule has 3 nitrogen and oxygen atoms in total. The van der Waals surface area contributed by atoms with E-state index in [-0.39, 0.29) is 30.6 Å². The maximum Gasteiger partial charge on any atom is 0.0891 e. The Hall–Kier alpha value is 0.0300. The third-order valence-corrected chi connectivity index (χ3v) is 1.32. The van der Waals surface area contributed by atoms with Crippen LogP contribution in [-0.4, -0.2) is 41.8 Å². The highest BCUT2D eigenvalue weighted by Crippen LogP contribution is 2.01. The SMILES string of the molecule is CN1C=CN(CCO)C1.I. The third-order valence-electron chi connectivity index (χ3n) is 1.32. The summed E-state index contributed by atoms with van der Waals surface area (Å²) in [5, 5.41) is 8.52. The molecule has 0 spiro atoms. The molecule has 0 saturated carbocycles. The van der Waals surface area contributed by atoms with E-state index in [1.165, 1.54) is 0 Å². The highest BCUT2D eigenvalue weighted by molar-refractivity contribution is 14.0. The minimum Gasteiger partial charge on any atom is -0.395 e. The minimum atomic E-state index is 0. The molecule has 1 heterocycles. The quantitative estimate of drug-likeness (QED) is 0.718. The van der Waals surface area contributed by atoms with Gasteiger partial charge in [-0.1, -0.05) is 0 Å². The molecule has 0 amide bonds. The van der Waals surface area contributed by atoms with Crippen LogP contribution >= 0.6 is 24.0 Å². The van der Waals surface area contributed by atoms with E-state index in [4.69, 9.17) is 5.11 Å². The van der Waals surface area contributed by atoms with Gasteiger partial charge in [-0.05, 0) is 0 Å². The lowest BCUT2D eigenvalue weighted by Crippen LogP contribution is -2.24. The Labute approximate surface area is 78.3 Å². The topological polar surface area (TPSA) is 26.7 Å². The van der Waals surface area contributed by atoms with Gasteiger partial charge in [0.1, 0.15) is 0 Å². The average Bonchev–Trinajstić information content (AvgIpc) is 2.17. The first-order valence-corrected chi connectivity index (χ1v) is 3.06. The van der Waals surface area contributed by atoms with Gasteiger partial charge in [0.25, 0.3) is 0 Å². The Morgan fingerprint density at radius 3 is 2.60 bits per heavy atom. The molecule has 60 valence electrons. The molecule has 0 aromatic rings. The van der Waals surface area contributed by atoms with Crippen LogP contribution in [0.4, 0.5) is 0 Å². The highest BCUT2D eigenvalue weighted by atomic mass is 127. The van der Waals surface area contributed by atoms with E-state index in [0.717, 1.165) is 13.2 Å². The molecule has 0 saturated heterocycles. The Balaban J connectivity index is 0.000000810. The van der Waals surface area contributed by atoms with Crippen molar-refractivity contribution in [3.05, 3.63) is 12.4 Å². The van der Waals surface area contributed by atoms with Crippen molar-refractivity contribution in [2.75, 3.05) is 26.9 Å². The van der Waals surface area contributed by atoms with Crippen molar-refractivity contribution in [2.24, 2.45) is 0 Å². The van der Waals surface area contributed by atoms with E-state index in [0.29, 0.717) is 0 Å². The molecule has 0 radical (unpaired) electrons. The number of aliphatic hydroxyl groups excluding tert-OH is 1. The molecule has 0 bridgehead atoms. The number of hydrogen-bond donors (Lipinski definition) is 1. The summed E-state index contributed by atoms with van der Waals surface area (Å²) in [4.78, 5) is 4.12. The molecule has 0 aliphatic carbocycles. The normalized spacial score (nSPS) is 15.8. The Bertz CT molecular complexity index is 118. The highest BCUT2D eigenvalue weighted by Gasteiger charge is 2.05. The molecule has 1 aliphatic rings. The summed E-state index contributed by atoms with van der Waals surface area (Å²) in [6.07, 6.45) is 3.98.